The lowest BCUT2D eigenvalue weighted by atomic mass is 9.97. The summed E-state index contributed by atoms with van der Waals surface area (Å²) in [6.45, 7) is 3.93. The normalized spacial score (nSPS) is 16.2. The van der Waals surface area contributed by atoms with Crippen LogP contribution in [0.2, 0.25) is 0 Å². The average Bonchev–Trinajstić information content (AvgIpc) is 2.90. The van der Waals surface area contributed by atoms with Crippen LogP contribution in [0.25, 0.3) is 21.5 Å². The van der Waals surface area contributed by atoms with E-state index in [4.69, 9.17) is 28.7 Å². The fourth-order valence-corrected chi connectivity index (χ4v) is 4.10. The van der Waals surface area contributed by atoms with Gasteiger partial charge in [-0.2, -0.15) is 0 Å². The minimum Gasteiger partial charge on any atom is -0.487 e. The van der Waals surface area contributed by atoms with Crippen molar-refractivity contribution in [2.45, 2.75) is 0 Å². The summed E-state index contributed by atoms with van der Waals surface area (Å²) in [5.41, 5.74) is 1.88. The Labute approximate surface area is 205 Å². The largest absolute Gasteiger partial charge is 0.487 e. The van der Waals surface area contributed by atoms with Crippen LogP contribution in [0.15, 0.2) is 77.8 Å². The van der Waals surface area contributed by atoms with Crippen molar-refractivity contribution in [3.05, 3.63) is 78.4 Å². The first-order valence-electron chi connectivity index (χ1n) is 12.0. The van der Waals surface area contributed by atoms with Gasteiger partial charge >= 0.3 is 0 Å². The molecule has 0 saturated carbocycles. The molecule has 0 fully saturated rings. The summed E-state index contributed by atoms with van der Waals surface area (Å²) in [4.78, 5) is 4.82. The van der Waals surface area contributed by atoms with E-state index in [1.165, 1.54) is 21.5 Å². The second kappa shape index (κ2) is 11.8. The number of rotatable bonds is 2. The van der Waals surface area contributed by atoms with Gasteiger partial charge in [0.25, 0.3) is 0 Å². The molecule has 1 aliphatic heterocycles. The van der Waals surface area contributed by atoms with Crippen LogP contribution in [0.3, 0.4) is 0 Å². The number of hydrogen-bond donors (Lipinski definition) is 0. The fraction of sp³-hybridized carbons (Fsp3) is 0.276. The Balaban J connectivity index is 1.42. The van der Waals surface area contributed by atoms with Gasteiger partial charge in [-0.25, -0.2) is 0 Å². The molecular weight excluding hydrogens is 442 g/mol. The van der Waals surface area contributed by atoms with E-state index in [2.05, 4.69) is 54.6 Å². The number of benzene rings is 4. The standard InChI is InChI=1S/C29H29NO5/c1-3-7-25-22(5-1)19-23-6-2-4-8-26(23)27(25)21-30-24-9-10-28-29(20-24)35-18-16-33-14-12-31-11-13-32-15-17-34-28/h1-10,19-21H,11-18H2. The molecule has 0 bridgehead atoms. The molecular formula is C29H29NO5. The Bertz CT molecular complexity index is 1250. The van der Waals surface area contributed by atoms with E-state index in [1.54, 1.807) is 0 Å². The van der Waals surface area contributed by atoms with Crippen LogP contribution in [0, 0.1) is 0 Å². The first-order valence-corrected chi connectivity index (χ1v) is 12.0. The number of nitrogens with zero attached hydrogens (tertiary/aromatic N) is 1. The third kappa shape index (κ3) is 5.98. The topological polar surface area (TPSA) is 58.5 Å². The van der Waals surface area contributed by atoms with E-state index in [-0.39, 0.29) is 0 Å². The lowest BCUT2D eigenvalue weighted by Gasteiger charge is -2.13. The third-order valence-electron chi connectivity index (χ3n) is 5.80. The van der Waals surface area contributed by atoms with Gasteiger partial charge in [0.2, 0.25) is 0 Å². The molecule has 6 heteroatoms. The van der Waals surface area contributed by atoms with Crippen molar-refractivity contribution in [1.82, 2.24) is 0 Å². The summed E-state index contributed by atoms with van der Waals surface area (Å²) in [6, 6.07) is 24.7. The summed E-state index contributed by atoms with van der Waals surface area (Å²) in [5, 5.41) is 4.73. The molecule has 0 aliphatic carbocycles. The second-order valence-corrected chi connectivity index (χ2v) is 8.16. The molecule has 180 valence electrons. The van der Waals surface area contributed by atoms with Gasteiger partial charge in [0.15, 0.2) is 11.5 Å². The van der Waals surface area contributed by atoms with E-state index in [0.717, 1.165) is 11.3 Å². The van der Waals surface area contributed by atoms with Crippen LogP contribution in [-0.2, 0) is 14.2 Å². The molecule has 0 radical (unpaired) electrons. The van der Waals surface area contributed by atoms with Gasteiger partial charge in [0, 0.05) is 17.8 Å². The maximum absolute atomic E-state index is 5.99. The van der Waals surface area contributed by atoms with Crippen molar-refractivity contribution < 1.29 is 23.7 Å². The quantitative estimate of drug-likeness (QED) is 0.283. The lowest BCUT2D eigenvalue weighted by molar-refractivity contribution is 0.00708. The molecule has 0 aromatic heterocycles. The monoisotopic (exact) mass is 471 g/mol. The van der Waals surface area contributed by atoms with E-state index in [9.17, 15) is 0 Å². The predicted octanol–water partition coefficient (Wildman–Crippen LogP) is 5.56. The Kier molecular flexibility index (Phi) is 7.85. The number of ether oxygens (including phenoxy) is 5. The summed E-state index contributed by atoms with van der Waals surface area (Å²) in [5.74, 6) is 1.30. The Morgan fingerprint density at radius 3 is 1.71 bits per heavy atom. The van der Waals surface area contributed by atoms with Gasteiger partial charge < -0.3 is 23.7 Å². The van der Waals surface area contributed by atoms with Crippen LogP contribution in [-0.4, -0.2) is 59.1 Å². The summed E-state index contributed by atoms with van der Waals surface area (Å²) >= 11 is 0. The first kappa shape index (κ1) is 23.3. The highest BCUT2D eigenvalue weighted by atomic mass is 16.6. The zero-order chi connectivity index (χ0) is 23.7. The molecule has 0 amide bonds. The van der Waals surface area contributed by atoms with Crippen molar-refractivity contribution in [3.63, 3.8) is 0 Å². The molecule has 0 N–H and O–H groups in total. The average molecular weight is 472 g/mol. The van der Waals surface area contributed by atoms with E-state index in [1.807, 2.05) is 24.4 Å². The maximum atomic E-state index is 5.99. The highest BCUT2D eigenvalue weighted by molar-refractivity contribution is 6.13. The van der Waals surface area contributed by atoms with Gasteiger partial charge in [-0.15, -0.1) is 0 Å². The number of fused-ring (bicyclic) bond motifs is 3. The zero-order valence-electron chi connectivity index (χ0n) is 19.7. The van der Waals surface area contributed by atoms with Crippen LogP contribution in [0.4, 0.5) is 5.69 Å². The molecule has 0 atom stereocenters. The molecule has 6 nitrogen and oxygen atoms in total. The number of aliphatic imine (C=N–C) groups is 1. The number of hydrogen-bond acceptors (Lipinski definition) is 6. The van der Waals surface area contributed by atoms with Gasteiger partial charge in [-0.05, 0) is 39.7 Å². The van der Waals surface area contributed by atoms with Crippen molar-refractivity contribution in [2.75, 3.05) is 52.9 Å². The Morgan fingerprint density at radius 1 is 0.543 bits per heavy atom. The van der Waals surface area contributed by atoms with Gasteiger partial charge in [0.1, 0.15) is 13.2 Å². The smallest absolute Gasteiger partial charge is 0.163 e. The molecule has 35 heavy (non-hydrogen) atoms. The Morgan fingerprint density at radius 2 is 1.09 bits per heavy atom. The van der Waals surface area contributed by atoms with Crippen LogP contribution < -0.4 is 9.47 Å². The first-order chi connectivity index (χ1) is 17.4. The van der Waals surface area contributed by atoms with E-state index in [0.29, 0.717) is 64.4 Å². The summed E-state index contributed by atoms with van der Waals surface area (Å²) < 4.78 is 28.5. The van der Waals surface area contributed by atoms with Crippen LogP contribution in [0.5, 0.6) is 11.5 Å². The highest BCUT2D eigenvalue weighted by Gasteiger charge is 2.09. The molecule has 1 heterocycles. The molecule has 0 spiro atoms. The van der Waals surface area contributed by atoms with Gasteiger partial charge in [0.05, 0.1) is 45.3 Å². The van der Waals surface area contributed by atoms with Crippen molar-refractivity contribution in [2.24, 2.45) is 4.99 Å². The lowest BCUT2D eigenvalue weighted by Crippen LogP contribution is -2.13. The highest BCUT2D eigenvalue weighted by Crippen LogP contribution is 2.33. The SMILES string of the molecule is C(=Nc1ccc2c(c1)OCCOCCOCCOCCO2)c1c2ccccc2cc2ccccc12. The summed E-state index contributed by atoms with van der Waals surface area (Å²) in [7, 11) is 0. The molecule has 0 unspecified atom stereocenters. The second-order valence-electron chi connectivity index (χ2n) is 8.16. The van der Waals surface area contributed by atoms with Crippen LogP contribution in [0.1, 0.15) is 5.56 Å². The maximum Gasteiger partial charge on any atom is 0.163 e. The molecule has 4 aromatic carbocycles. The Hall–Kier alpha value is -3.45. The van der Waals surface area contributed by atoms with E-state index >= 15 is 0 Å². The molecule has 5 rings (SSSR count). The minimum atomic E-state index is 0.411. The van der Waals surface area contributed by atoms with Crippen molar-refractivity contribution in [3.8, 4) is 11.5 Å². The van der Waals surface area contributed by atoms with Gasteiger partial charge in [-0.1, -0.05) is 48.5 Å². The van der Waals surface area contributed by atoms with Crippen molar-refractivity contribution >= 4 is 33.4 Å². The van der Waals surface area contributed by atoms with Crippen LogP contribution >= 0.6 is 0 Å². The predicted molar refractivity (Wildman–Crippen MR) is 139 cm³/mol. The third-order valence-corrected chi connectivity index (χ3v) is 5.80. The van der Waals surface area contributed by atoms with Gasteiger partial charge in [-0.3, -0.25) is 4.99 Å². The summed E-state index contributed by atoms with van der Waals surface area (Å²) in [6.07, 6.45) is 1.94. The van der Waals surface area contributed by atoms with E-state index < -0.39 is 0 Å². The zero-order valence-corrected chi connectivity index (χ0v) is 19.7. The molecule has 1 aliphatic rings. The molecule has 4 aromatic rings. The van der Waals surface area contributed by atoms with Crippen molar-refractivity contribution in [1.29, 1.82) is 0 Å². The molecule has 0 saturated heterocycles. The minimum absolute atomic E-state index is 0.411. The fourth-order valence-electron chi connectivity index (χ4n) is 4.10.